The fourth-order valence-electron chi connectivity index (χ4n) is 1.35. The molecular formula is C9H15NO3. The molecule has 1 aliphatic heterocycles. The minimum absolute atomic E-state index is 0.0105. The van der Waals surface area contributed by atoms with Crippen LogP contribution in [-0.2, 0) is 9.47 Å². The van der Waals surface area contributed by atoms with Gasteiger partial charge in [0.25, 0.3) is 0 Å². The molecule has 2 rings (SSSR count). The van der Waals surface area contributed by atoms with Gasteiger partial charge in [0.05, 0.1) is 13.2 Å². The Hall–Kier alpha value is -0.770. The molecule has 1 amide bonds. The number of amides is 1. The third-order valence-corrected chi connectivity index (χ3v) is 2.57. The summed E-state index contributed by atoms with van der Waals surface area (Å²) in [4.78, 5) is 11.3. The first kappa shape index (κ1) is 8.81. The highest BCUT2D eigenvalue weighted by atomic mass is 16.6. The van der Waals surface area contributed by atoms with Crippen molar-refractivity contribution < 1.29 is 14.3 Å². The van der Waals surface area contributed by atoms with Crippen molar-refractivity contribution >= 4 is 6.09 Å². The van der Waals surface area contributed by atoms with Crippen molar-refractivity contribution in [3.63, 3.8) is 0 Å². The molecule has 4 nitrogen and oxygen atoms in total. The first-order valence-electron chi connectivity index (χ1n) is 4.74. The molecule has 2 aliphatic rings. The summed E-state index contributed by atoms with van der Waals surface area (Å²) in [5, 5.41) is 2.84. The molecule has 1 aliphatic carbocycles. The van der Waals surface area contributed by atoms with Crippen molar-refractivity contribution in [2.75, 3.05) is 13.2 Å². The number of carbonyl (C=O) groups is 1. The molecule has 1 saturated carbocycles. The van der Waals surface area contributed by atoms with E-state index in [0.29, 0.717) is 13.2 Å². The van der Waals surface area contributed by atoms with Crippen LogP contribution in [0.4, 0.5) is 4.79 Å². The van der Waals surface area contributed by atoms with Crippen molar-refractivity contribution in [2.45, 2.75) is 37.8 Å². The number of nitrogens with one attached hydrogen (secondary N) is 1. The molecule has 1 saturated heterocycles. The Balaban J connectivity index is 1.71. The standard InChI is InChI=1S/C9H15NO3/c1-9(3-4-9)10-8(11)13-7-2-5-12-6-7/h7H,2-6H2,1H3,(H,10,11)/t7-/m1/s1. The van der Waals surface area contributed by atoms with Gasteiger partial charge in [-0.05, 0) is 19.8 Å². The maximum absolute atomic E-state index is 11.3. The van der Waals surface area contributed by atoms with E-state index in [1.807, 2.05) is 6.92 Å². The van der Waals surface area contributed by atoms with E-state index in [-0.39, 0.29) is 17.7 Å². The van der Waals surface area contributed by atoms with Crippen LogP contribution in [0.15, 0.2) is 0 Å². The second kappa shape index (κ2) is 3.18. The normalized spacial score (nSPS) is 29.8. The highest BCUT2D eigenvalue weighted by molar-refractivity contribution is 5.69. The van der Waals surface area contributed by atoms with Crippen LogP contribution in [0.5, 0.6) is 0 Å². The van der Waals surface area contributed by atoms with Crippen LogP contribution in [0.1, 0.15) is 26.2 Å². The Kier molecular flexibility index (Phi) is 2.15. The van der Waals surface area contributed by atoms with E-state index in [1.54, 1.807) is 0 Å². The molecule has 0 aromatic carbocycles. The van der Waals surface area contributed by atoms with Gasteiger partial charge >= 0.3 is 6.09 Å². The van der Waals surface area contributed by atoms with Gasteiger partial charge in [0.15, 0.2) is 0 Å². The topological polar surface area (TPSA) is 47.6 Å². The quantitative estimate of drug-likeness (QED) is 0.699. The lowest BCUT2D eigenvalue weighted by atomic mass is 10.3. The van der Waals surface area contributed by atoms with Crippen LogP contribution in [0.3, 0.4) is 0 Å². The molecule has 74 valence electrons. The van der Waals surface area contributed by atoms with Gasteiger partial charge in [0, 0.05) is 12.0 Å². The summed E-state index contributed by atoms with van der Waals surface area (Å²) in [6.07, 6.45) is 2.61. The van der Waals surface area contributed by atoms with Crippen molar-refractivity contribution in [3.8, 4) is 0 Å². The van der Waals surface area contributed by atoms with E-state index in [9.17, 15) is 4.79 Å². The average Bonchev–Trinajstić information content (AvgIpc) is 2.61. The van der Waals surface area contributed by atoms with Gasteiger partial charge in [-0.15, -0.1) is 0 Å². The van der Waals surface area contributed by atoms with Gasteiger partial charge in [-0.25, -0.2) is 4.79 Å². The average molecular weight is 185 g/mol. The minimum Gasteiger partial charge on any atom is -0.444 e. The molecule has 13 heavy (non-hydrogen) atoms. The number of ether oxygens (including phenoxy) is 2. The maximum atomic E-state index is 11.3. The molecule has 0 radical (unpaired) electrons. The smallest absolute Gasteiger partial charge is 0.407 e. The van der Waals surface area contributed by atoms with Gasteiger partial charge in [0.2, 0.25) is 0 Å². The highest BCUT2D eigenvalue weighted by Gasteiger charge is 2.39. The fraction of sp³-hybridized carbons (Fsp3) is 0.889. The Morgan fingerprint density at radius 2 is 2.38 bits per heavy atom. The van der Waals surface area contributed by atoms with E-state index in [4.69, 9.17) is 9.47 Å². The summed E-state index contributed by atoms with van der Waals surface area (Å²) in [6.45, 7) is 3.28. The van der Waals surface area contributed by atoms with E-state index >= 15 is 0 Å². The first-order valence-corrected chi connectivity index (χ1v) is 4.74. The second-order valence-corrected chi connectivity index (χ2v) is 4.08. The SMILES string of the molecule is CC1(NC(=O)O[C@@H]2CCOC2)CC1. The van der Waals surface area contributed by atoms with Crippen LogP contribution < -0.4 is 5.32 Å². The lowest BCUT2D eigenvalue weighted by Gasteiger charge is -2.14. The number of hydrogen-bond acceptors (Lipinski definition) is 3. The molecule has 1 N–H and O–H groups in total. The lowest BCUT2D eigenvalue weighted by molar-refractivity contribution is 0.0806. The van der Waals surface area contributed by atoms with Crippen molar-refractivity contribution in [1.82, 2.24) is 5.32 Å². The third kappa shape index (κ3) is 2.34. The summed E-state index contributed by atoms with van der Waals surface area (Å²) < 4.78 is 10.3. The van der Waals surface area contributed by atoms with Gasteiger partial charge in [0.1, 0.15) is 6.10 Å². The molecule has 1 atom stereocenters. The zero-order chi connectivity index (χ0) is 9.31. The van der Waals surface area contributed by atoms with Crippen LogP contribution in [0.2, 0.25) is 0 Å². The maximum Gasteiger partial charge on any atom is 0.407 e. The Labute approximate surface area is 77.6 Å². The Morgan fingerprint density at radius 3 is 2.92 bits per heavy atom. The lowest BCUT2D eigenvalue weighted by Crippen LogP contribution is -2.37. The zero-order valence-electron chi connectivity index (χ0n) is 7.84. The molecule has 2 fully saturated rings. The number of rotatable bonds is 2. The van der Waals surface area contributed by atoms with Crippen LogP contribution in [0, 0.1) is 0 Å². The van der Waals surface area contributed by atoms with Crippen LogP contribution >= 0.6 is 0 Å². The Morgan fingerprint density at radius 1 is 1.62 bits per heavy atom. The predicted octanol–water partition coefficient (Wildman–Crippen LogP) is 1.05. The van der Waals surface area contributed by atoms with Gasteiger partial charge in [-0.3, -0.25) is 0 Å². The second-order valence-electron chi connectivity index (χ2n) is 4.08. The predicted molar refractivity (Wildman–Crippen MR) is 46.5 cm³/mol. The minimum atomic E-state index is -0.296. The van der Waals surface area contributed by atoms with Crippen molar-refractivity contribution in [1.29, 1.82) is 0 Å². The summed E-state index contributed by atoms with van der Waals surface area (Å²) >= 11 is 0. The van der Waals surface area contributed by atoms with Crippen LogP contribution in [0.25, 0.3) is 0 Å². The Bertz CT molecular complexity index is 207. The largest absolute Gasteiger partial charge is 0.444 e. The third-order valence-electron chi connectivity index (χ3n) is 2.57. The van der Waals surface area contributed by atoms with E-state index in [2.05, 4.69) is 5.32 Å². The molecule has 0 aromatic rings. The summed E-state index contributed by atoms with van der Waals surface area (Å²) in [5.41, 5.74) is 0.0105. The van der Waals surface area contributed by atoms with E-state index in [0.717, 1.165) is 19.3 Å². The van der Waals surface area contributed by atoms with Gasteiger partial charge in [-0.1, -0.05) is 0 Å². The number of alkyl carbamates (subject to hydrolysis) is 1. The first-order chi connectivity index (χ1) is 6.18. The molecule has 0 spiro atoms. The molecule has 0 bridgehead atoms. The van der Waals surface area contributed by atoms with Crippen LogP contribution in [-0.4, -0.2) is 30.9 Å². The van der Waals surface area contributed by atoms with Gasteiger partial charge < -0.3 is 14.8 Å². The molecule has 0 unspecified atom stereocenters. The molecule has 0 aromatic heterocycles. The fourth-order valence-corrected chi connectivity index (χ4v) is 1.35. The molecule has 4 heteroatoms. The van der Waals surface area contributed by atoms with Crippen molar-refractivity contribution in [3.05, 3.63) is 0 Å². The molecular weight excluding hydrogens is 170 g/mol. The van der Waals surface area contributed by atoms with Gasteiger partial charge in [-0.2, -0.15) is 0 Å². The van der Waals surface area contributed by atoms with E-state index < -0.39 is 0 Å². The summed E-state index contributed by atoms with van der Waals surface area (Å²) in [5.74, 6) is 0. The summed E-state index contributed by atoms with van der Waals surface area (Å²) in [7, 11) is 0. The summed E-state index contributed by atoms with van der Waals surface area (Å²) in [6, 6.07) is 0. The monoisotopic (exact) mass is 185 g/mol. The van der Waals surface area contributed by atoms with Crippen molar-refractivity contribution in [2.24, 2.45) is 0 Å². The zero-order valence-corrected chi connectivity index (χ0v) is 7.84. The molecule has 1 heterocycles. The highest BCUT2D eigenvalue weighted by Crippen LogP contribution is 2.34. The number of carbonyl (C=O) groups excluding carboxylic acids is 1. The number of hydrogen-bond donors (Lipinski definition) is 1. The van der Waals surface area contributed by atoms with E-state index in [1.165, 1.54) is 0 Å².